The first-order valence-electron chi connectivity index (χ1n) is 8.50. The summed E-state index contributed by atoms with van der Waals surface area (Å²) in [6.45, 7) is 4.54. The molecule has 28 heavy (non-hydrogen) atoms. The highest BCUT2D eigenvalue weighted by Crippen LogP contribution is 2.33. The monoisotopic (exact) mass is 459 g/mol. The van der Waals surface area contributed by atoms with Crippen molar-refractivity contribution in [3.8, 4) is 5.75 Å². The van der Waals surface area contributed by atoms with Crippen LogP contribution < -0.4 is 4.74 Å². The summed E-state index contributed by atoms with van der Waals surface area (Å²) >= 11 is 19.8. The Hall–Kier alpha value is -1.47. The number of benzene rings is 2. The van der Waals surface area contributed by atoms with Crippen LogP contribution in [0.5, 0.6) is 5.75 Å². The lowest BCUT2D eigenvalue weighted by molar-refractivity contribution is 0.210. The third-order valence-corrected chi connectivity index (χ3v) is 5.91. The SMILES string of the molecule is CCn1c(SCc2ccc(F)cc2Cl)nnc1C(C)Oc1cc(Cl)ccc1Cl. The van der Waals surface area contributed by atoms with Crippen LogP contribution in [-0.4, -0.2) is 14.8 Å². The van der Waals surface area contributed by atoms with E-state index in [0.717, 1.165) is 10.7 Å². The van der Waals surface area contributed by atoms with Crippen LogP contribution in [-0.2, 0) is 12.3 Å². The van der Waals surface area contributed by atoms with Gasteiger partial charge in [0.25, 0.3) is 0 Å². The number of rotatable bonds is 7. The standard InChI is InChI=1S/C19H17Cl3FN3OS/c1-3-26-18(11(2)27-17-8-13(20)5-7-15(17)21)24-25-19(26)28-10-12-4-6-14(23)9-16(12)22/h4-9,11H,3,10H2,1-2H3. The van der Waals surface area contributed by atoms with Crippen molar-refractivity contribution in [2.45, 2.75) is 37.4 Å². The predicted octanol–water partition coefficient (Wildman–Crippen LogP) is 6.83. The fourth-order valence-electron chi connectivity index (χ4n) is 2.60. The van der Waals surface area contributed by atoms with Gasteiger partial charge in [0.1, 0.15) is 11.6 Å². The molecule has 0 radical (unpaired) electrons. The van der Waals surface area contributed by atoms with Gasteiger partial charge in [0.15, 0.2) is 17.1 Å². The van der Waals surface area contributed by atoms with E-state index in [1.54, 1.807) is 24.3 Å². The number of hydrogen-bond acceptors (Lipinski definition) is 4. The van der Waals surface area contributed by atoms with Crippen molar-refractivity contribution in [3.05, 3.63) is 68.7 Å². The van der Waals surface area contributed by atoms with Crippen molar-refractivity contribution in [2.24, 2.45) is 0 Å². The number of ether oxygens (including phenoxy) is 1. The lowest BCUT2D eigenvalue weighted by Gasteiger charge is -2.16. The number of thioether (sulfide) groups is 1. The van der Waals surface area contributed by atoms with Gasteiger partial charge in [-0.2, -0.15) is 0 Å². The van der Waals surface area contributed by atoms with Crippen LogP contribution in [0.1, 0.15) is 31.3 Å². The molecule has 4 nitrogen and oxygen atoms in total. The zero-order valence-electron chi connectivity index (χ0n) is 15.1. The Morgan fingerprint density at radius 1 is 1.11 bits per heavy atom. The molecule has 0 saturated heterocycles. The summed E-state index contributed by atoms with van der Waals surface area (Å²) in [5.74, 6) is 1.35. The minimum absolute atomic E-state index is 0.358. The minimum Gasteiger partial charge on any atom is -0.481 e. The van der Waals surface area contributed by atoms with Crippen LogP contribution >= 0.6 is 46.6 Å². The molecular formula is C19H17Cl3FN3OS. The predicted molar refractivity (Wildman–Crippen MR) is 112 cm³/mol. The lowest BCUT2D eigenvalue weighted by Crippen LogP contribution is -2.12. The van der Waals surface area contributed by atoms with Crippen LogP contribution in [0.25, 0.3) is 0 Å². The summed E-state index contributed by atoms with van der Waals surface area (Å²) in [6.07, 6.45) is -0.382. The molecule has 3 rings (SSSR count). The highest BCUT2D eigenvalue weighted by Gasteiger charge is 2.20. The molecule has 9 heteroatoms. The molecule has 0 N–H and O–H groups in total. The van der Waals surface area contributed by atoms with E-state index < -0.39 is 0 Å². The summed E-state index contributed by atoms with van der Waals surface area (Å²) in [4.78, 5) is 0. The van der Waals surface area contributed by atoms with Crippen LogP contribution in [0.4, 0.5) is 4.39 Å². The van der Waals surface area contributed by atoms with Crippen molar-refractivity contribution < 1.29 is 9.13 Å². The van der Waals surface area contributed by atoms with E-state index in [2.05, 4.69) is 10.2 Å². The van der Waals surface area contributed by atoms with E-state index in [1.807, 2.05) is 18.4 Å². The molecule has 1 aromatic heterocycles. The summed E-state index contributed by atoms with van der Waals surface area (Å²) in [5, 5.41) is 10.7. The molecule has 1 atom stereocenters. The Morgan fingerprint density at radius 2 is 1.89 bits per heavy atom. The highest BCUT2D eigenvalue weighted by molar-refractivity contribution is 7.98. The zero-order valence-corrected chi connectivity index (χ0v) is 18.2. The van der Waals surface area contributed by atoms with E-state index in [0.29, 0.717) is 38.9 Å². The quantitative estimate of drug-likeness (QED) is 0.362. The Bertz CT molecular complexity index is 983. The molecule has 0 saturated carbocycles. The summed E-state index contributed by atoms with van der Waals surface area (Å²) in [5.41, 5.74) is 0.829. The average molecular weight is 461 g/mol. The first kappa shape index (κ1) is 21.2. The lowest BCUT2D eigenvalue weighted by atomic mass is 10.2. The number of aromatic nitrogens is 3. The normalized spacial score (nSPS) is 12.2. The van der Waals surface area contributed by atoms with Crippen LogP contribution in [0.3, 0.4) is 0 Å². The van der Waals surface area contributed by atoms with Crippen molar-refractivity contribution in [1.29, 1.82) is 0 Å². The molecule has 0 aliphatic rings. The molecule has 1 unspecified atom stereocenters. The van der Waals surface area contributed by atoms with Crippen LogP contribution in [0, 0.1) is 5.82 Å². The van der Waals surface area contributed by atoms with Gasteiger partial charge < -0.3 is 9.30 Å². The summed E-state index contributed by atoms with van der Waals surface area (Å²) in [6, 6.07) is 9.42. The third-order valence-electron chi connectivity index (χ3n) is 3.99. The average Bonchev–Trinajstić information content (AvgIpc) is 3.07. The van der Waals surface area contributed by atoms with Gasteiger partial charge in [0.2, 0.25) is 0 Å². The molecule has 0 spiro atoms. The maximum Gasteiger partial charge on any atom is 0.191 e. The molecule has 0 aliphatic carbocycles. The molecule has 0 amide bonds. The van der Waals surface area contributed by atoms with E-state index in [-0.39, 0.29) is 11.9 Å². The second kappa shape index (κ2) is 9.35. The van der Waals surface area contributed by atoms with Gasteiger partial charge in [-0.05, 0) is 43.7 Å². The topological polar surface area (TPSA) is 39.9 Å². The van der Waals surface area contributed by atoms with Gasteiger partial charge in [-0.15, -0.1) is 10.2 Å². The number of hydrogen-bond donors (Lipinski definition) is 0. The molecule has 2 aromatic carbocycles. The Balaban J connectivity index is 1.76. The van der Waals surface area contributed by atoms with E-state index in [1.165, 1.54) is 23.9 Å². The van der Waals surface area contributed by atoms with Gasteiger partial charge >= 0.3 is 0 Å². The molecule has 148 valence electrons. The highest BCUT2D eigenvalue weighted by atomic mass is 35.5. The fourth-order valence-corrected chi connectivity index (χ4v) is 4.25. The van der Waals surface area contributed by atoms with Crippen LogP contribution in [0.15, 0.2) is 41.6 Å². The molecule has 0 bridgehead atoms. The Labute approximate surface area is 182 Å². The second-order valence-electron chi connectivity index (χ2n) is 5.94. The summed E-state index contributed by atoms with van der Waals surface area (Å²) < 4.78 is 21.1. The van der Waals surface area contributed by atoms with Crippen molar-refractivity contribution in [1.82, 2.24) is 14.8 Å². The van der Waals surface area contributed by atoms with Gasteiger partial charge in [0, 0.05) is 28.4 Å². The molecular weight excluding hydrogens is 444 g/mol. The largest absolute Gasteiger partial charge is 0.481 e. The van der Waals surface area contributed by atoms with Crippen molar-refractivity contribution >= 4 is 46.6 Å². The molecule has 0 aliphatic heterocycles. The minimum atomic E-state index is -0.382. The fraction of sp³-hybridized carbons (Fsp3) is 0.263. The Morgan fingerprint density at radius 3 is 2.61 bits per heavy atom. The maximum absolute atomic E-state index is 13.2. The van der Waals surface area contributed by atoms with Crippen molar-refractivity contribution in [3.63, 3.8) is 0 Å². The number of nitrogens with zero attached hydrogens (tertiary/aromatic N) is 3. The molecule has 1 heterocycles. The van der Waals surface area contributed by atoms with Crippen LogP contribution in [0.2, 0.25) is 15.1 Å². The van der Waals surface area contributed by atoms with Gasteiger partial charge in [-0.3, -0.25) is 0 Å². The number of halogens is 4. The van der Waals surface area contributed by atoms with Gasteiger partial charge in [-0.1, -0.05) is 52.6 Å². The first-order valence-corrected chi connectivity index (χ1v) is 10.6. The summed E-state index contributed by atoms with van der Waals surface area (Å²) in [7, 11) is 0. The van der Waals surface area contributed by atoms with Gasteiger partial charge in [0.05, 0.1) is 5.02 Å². The maximum atomic E-state index is 13.2. The van der Waals surface area contributed by atoms with Crippen molar-refractivity contribution in [2.75, 3.05) is 0 Å². The van der Waals surface area contributed by atoms with E-state index in [9.17, 15) is 4.39 Å². The van der Waals surface area contributed by atoms with E-state index >= 15 is 0 Å². The molecule has 0 fully saturated rings. The zero-order chi connectivity index (χ0) is 20.3. The second-order valence-corrected chi connectivity index (χ2v) is 8.14. The smallest absolute Gasteiger partial charge is 0.191 e. The van der Waals surface area contributed by atoms with E-state index in [4.69, 9.17) is 39.5 Å². The first-order chi connectivity index (χ1) is 13.4. The Kier molecular flexibility index (Phi) is 7.10. The molecule has 3 aromatic rings. The van der Waals surface area contributed by atoms with Gasteiger partial charge in [-0.25, -0.2) is 4.39 Å². The third kappa shape index (κ3) is 4.92.